The summed E-state index contributed by atoms with van der Waals surface area (Å²) >= 11 is 16.4. The normalized spacial score (nSPS) is 12.0. The first-order chi connectivity index (χ1) is 10.6. The van der Waals surface area contributed by atoms with Gasteiger partial charge in [-0.05, 0) is 44.3 Å². The zero-order valence-electron chi connectivity index (χ0n) is 12.7. The van der Waals surface area contributed by atoms with Gasteiger partial charge in [0.25, 0.3) is 0 Å². The van der Waals surface area contributed by atoms with Gasteiger partial charge in [0.05, 0.1) is 0 Å². The van der Waals surface area contributed by atoms with E-state index in [9.17, 15) is 4.79 Å². The third kappa shape index (κ3) is 15.5. The number of amides is 1. The molecule has 2 nitrogen and oxygen atoms in total. The lowest BCUT2D eigenvalue weighted by molar-refractivity contribution is -0.119. The molecule has 0 saturated carbocycles. The van der Waals surface area contributed by atoms with E-state index in [2.05, 4.69) is 17.2 Å². The van der Waals surface area contributed by atoms with E-state index in [0.29, 0.717) is 0 Å². The lowest BCUT2D eigenvalue weighted by Crippen LogP contribution is -2.32. The quantitative estimate of drug-likeness (QED) is 0.329. The fourth-order valence-corrected chi connectivity index (χ4v) is 2.10. The van der Waals surface area contributed by atoms with Crippen LogP contribution in [0.25, 0.3) is 0 Å². The molecule has 1 unspecified atom stereocenters. The number of rotatable bonds is 9. The second-order valence-corrected chi connectivity index (χ2v) is 5.98. The summed E-state index contributed by atoms with van der Waals surface area (Å²) in [5.74, 6) is 5.86. The molecule has 0 spiro atoms. The molecular formula is C17H22Cl3NO. The predicted octanol–water partition coefficient (Wildman–Crippen LogP) is 5.46. The SMILES string of the molecule is CC(=O)NC(CCCC#CC=CCl)CCCC=CC=C(Cl)Cl. The molecule has 0 aromatic heterocycles. The molecule has 1 atom stereocenters. The van der Waals surface area contributed by atoms with Crippen LogP contribution in [0.15, 0.2) is 34.3 Å². The number of allylic oxidation sites excluding steroid dienone is 4. The molecule has 0 aromatic carbocycles. The highest BCUT2D eigenvalue weighted by molar-refractivity contribution is 6.55. The zero-order valence-corrected chi connectivity index (χ0v) is 15.0. The van der Waals surface area contributed by atoms with Gasteiger partial charge in [-0.3, -0.25) is 4.79 Å². The van der Waals surface area contributed by atoms with Crippen LogP contribution in [0.3, 0.4) is 0 Å². The molecule has 0 aliphatic carbocycles. The molecule has 0 bridgehead atoms. The Morgan fingerprint density at radius 1 is 1.27 bits per heavy atom. The maximum absolute atomic E-state index is 11.2. The molecule has 1 N–H and O–H groups in total. The Hall–Kier alpha value is -0.880. The highest BCUT2D eigenvalue weighted by Crippen LogP contribution is 2.10. The van der Waals surface area contributed by atoms with Crippen LogP contribution in [-0.4, -0.2) is 11.9 Å². The number of carbonyl (C=O) groups is 1. The molecule has 0 saturated heterocycles. The average molecular weight is 363 g/mol. The van der Waals surface area contributed by atoms with Gasteiger partial charge in [0.15, 0.2) is 0 Å². The van der Waals surface area contributed by atoms with Crippen LogP contribution in [-0.2, 0) is 4.79 Å². The van der Waals surface area contributed by atoms with E-state index in [0.717, 1.165) is 38.5 Å². The van der Waals surface area contributed by atoms with Crippen molar-refractivity contribution in [1.82, 2.24) is 5.32 Å². The summed E-state index contributed by atoms with van der Waals surface area (Å²) in [5, 5.41) is 2.99. The molecule has 1 amide bonds. The minimum absolute atomic E-state index is 0.00792. The Kier molecular flexibility index (Phi) is 14.4. The van der Waals surface area contributed by atoms with Crippen LogP contribution < -0.4 is 5.32 Å². The van der Waals surface area contributed by atoms with Gasteiger partial charge in [0.2, 0.25) is 5.91 Å². The molecular weight excluding hydrogens is 341 g/mol. The third-order valence-corrected chi connectivity index (χ3v) is 3.17. The van der Waals surface area contributed by atoms with Crippen LogP contribution in [0, 0.1) is 11.8 Å². The largest absolute Gasteiger partial charge is 0.354 e. The smallest absolute Gasteiger partial charge is 0.217 e. The third-order valence-electron chi connectivity index (χ3n) is 2.79. The monoisotopic (exact) mass is 361 g/mol. The van der Waals surface area contributed by atoms with Crippen molar-refractivity contribution in [2.45, 2.75) is 51.5 Å². The van der Waals surface area contributed by atoms with Crippen molar-refractivity contribution in [3.8, 4) is 11.8 Å². The highest BCUT2D eigenvalue weighted by atomic mass is 35.5. The van der Waals surface area contributed by atoms with Gasteiger partial charge in [0.1, 0.15) is 4.49 Å². The number of carbonyl (C=O) groups excluding carboxylic acids is 1. The second-order valence-electron chi connectivity index (χ2n) is 4.72. The molecule has 0 aromatic rings. The number of halogens is 3. The Morgan fingerprint density at radius 3 is 2.64 bits per heavy atom. The van der Waals surface area contributed by atoms with Crippen molar-refractivity contribution in [1.29, 1.82) is 0 Å². The van der Waals surface area contributed by atoms with E-state index in [1.807, 2.05) is 12.2 Å². The number of unbranched alkanes of at least 4 members (excludes halogenated alkanes) is 2. The molecule has 0 fully saturated rings. The van der Waals surface area contributed by atoms with Crippen molar-refractivity contribution >= 4 is 40.7 Å². The summed E-state index contributed by atoms with van der Waals surface area (Å²) in [5.41, 5.74) is 1.40. The molecule has 0 aliphatic heterocycles. The number of hydrogen-bond donors (Lipinski definition) is 1. The van der Waals surface area contributed by atoms with Crippen LogP contribution >= 0.6 is 34.8 Å². The van der Waals surface area contributed by atoms with Gasteiger partial charge in [-0.2, -0.15) is 0 Å². The molecule has 0 aliphatic rings. The fourth-order valence-electron chi connectivity index (χ4n) is 1.89. The highest BCUT2D eigenvalue weighted by Gasteiger charge is 2.08. The van der Waals surface area contributed by atoms with Crippen LogP contribution in [0.4, 0.5) is 0 Å². The van der Waals surface area contributed by atoms with E-state index < -0.39 is 0 Å². The maximum Gasteiger partial charge on any atom is 0.217 e. The summed E-state index contributed by atoms with van der Waals surface area (Å²) in [6.07, 6.45) is 12.6. The molecule has 0 heterocycles. The Morgan fingerprint density at radius 2 is 2.00 bits per heavy atom. The Balaban J connectivity index is 4.03. The van der Waals surface area contributed by atoms with Crippen molar-refractivity contribution in [3.05, 3.63) is 34.3 Å². The first kappa shape index (κ1) is 21.1. The summed E-state index contributed by atoms with van der Waals surface area (Å²) < 4.78 is 0.248. The van der Waals surface area contributed by atoms with Crippen LogP contribution in [0.5, 0.6) is 0 Å². The fraction of sp³-hybridized carbons (Fsp3) is 0.471. The summed E-state index contributed by atoms with van der Waals surface area (Å²) in [4.78, 5) is 11.2. The van der Waals surface area contributed by atoms with Gasteiger partial charge in [-0.25, -0.2) is 0 Å². The van der Waals surface area contributed by atoms with Gasteiger partial charge < -0.3 is 5.32 Å². The second kappa shape index (κ2) is 15.0. The van der Waals surface area contributed by atoms with E-state index in [-0.39, 0.29) is 16.4 Å². The first-order valence-corrected chi connectivity index (χ1v) is 8.44. The van der Waals surface area contributed by atoms with Crippen molar-refractivity contribution < 1.29 is 4.79 Å². The van der Waals surface area contributed by atoms with E-state index in [1.54, 1.807) is 19.1 Å². The standard InChI is InChI=1S/C17H22Cl3NO/c1-15(22)21-16(11-7-3-2-6-10-14-18)12-8-4-5-9-13-17(19)20/h5,9-10,13-14,16H,3-4,7-8,11-12H2,1H3,(H,21,22). The van der Waals surface area contributed by atoms with Gasteiger partial charge in [-0.1, -0.05) is 58.8 Å². The average Bonchev–Trinajstić information content (AvgIpc) is 2.45. The number of nitrogens with one attached hydrogen (secondary N) is 1. The lowest BCUT2D eigenvalue weighted by Gasteiger charge is -2.16. The first-order valence-electron chi connectivity index (χ1n) is 7.24. The Labute approximate surface area is 148 Å². The molecule has 5 heteroatoms. The maximum atomic E-state index is 11.2. The van der Waals surface area contributed by atoms with E-state index >= 15 is 0 Å². The van der Waals surface area contributed by atoms with E-state index in [1.165, 1.54) is 5.54 Å². The Bertz CT molecular complexity index is 454. The zero-order chi connectivity index (χ0) is 16.6. The predicted molar refractivity (Wildman–Crippen MR) is 97.0 cm³/mol. The van der Waals surface area contributed by atoms with Crippen molar-refractivity contribution in [2.75, 3.05) is 0 Å². The summed E-state index contributed by atoms with van der Waals surface area (Å²) in [6, 6.07) is 0.198. The van der Waals surface area contributed by atoms with Gasteiger partial charge >= 0.3 is 0 Å². The molecule has 0 rings (SSSR count). The summed E-state index contributed by atoms with van der Waals surface area (Å²) in [7, 11) is 0. The van der Waals surface area contributed by atoms with Crippen LogP contribution in [0.1, 0.15) is 45.4 Å². The van der Waals surface area contributed by atoms with Gasteiger partial charge in [-0.15, -0.1) is 0 Å². The minimum Gasteiger partial charge on any atom is -0.354 e. The number of hydrogen-bond acceptors (Lipinski definition) is 1. The minimum atomic E-state index is 0.00792. The van der Waals surface area contributed by atoms with Gasteiger partial charge in [0, 0.05) is 24.9 Å². The topological polar surface area (TPSA) is 29.1 Å². The summed E-state index contributed by atoms with van der Waals surface area (Å²) in [6.45, 7) is 1.55. The van der Waals surface area contributed by atoms with E-state index in [4.69, 9.17) is 34.8 Å². The van der Waals surface area contributed by atoms with Crippen LogP contribution in [0.2, 0.25) is 0 Å². The molecule has 122 valence electrons. The molecule has 22 heavy (non-hydrogen) atoms. The molecule has 0 radical (unpaired) electrons. The lowest BCUT2D eigenvalue weighted by atomic mass is 10.0. The van der Waals surface area contributed by atoms with Crippen molar-refractivity contribution in [3.63, 3.8) is 0 Å². The van der Waals surface area contributed by atoms with Crippen molar-refractivity contribution in [2.24, 2.45) is 0 Å².